The standard InChI is InChI=1S/C22H35N3O5/c1-3-29-16-30-15-20(23-21(26)18-9-11-25(2)12-10-18)14-19(22(27)24-28)13-17-7-5-4-6-8-17/h4-8,18-20,28H,3,9-16H2,1-2H3,(H,23,26)(H,24,27). The van der Waals surface area contributed by atoms with Gasteiger partial charge < -0.3 is 19.7 Å². The van der Waals surface area contributed by atoms with Crippen LogP contribution in [0.3, 0.4) is 0 Å². The molecule has 2 rings (SSSR count). The van der Waals surface area contributed by atoms with Crippen molar-refractivity contribution in [1.82, 2.24) is 15.7 Å². The number of likely N-dealkylation sites (tertiary alicyclic amines) is 1. The number of nitrogens with one attached hydrogen (secondary N) is 2. The summed E-state index contributed by atoms with van der Waals surface area (Å²) in [6, 6.07) is 9.26. The first-order valence-corrected chi connectivity index (χ1v) is 10.7. The minimum absolute atomic E-state index is 0.00372. The Bertz CT molecular complexity index is 635. The van der Waals surface area contributed by atoms with E-state index in [0.29, 0.717) is 19.4 Å². The lowest BCUT2D eigenvalue weighted by atomic mass is 9.91. The number of hydroxylamine groups is 1. The van der Waals surface area contributed by atoms with E-state index in [-0.39, 0.29) is 31.3 Å². The van der Waals surface area contributed by atoms with Gasteiger partial charge in [0.2, 0.25) is 11.8 Å². The van der Waals surface area contributed by atoms with Crippen molar-refractivity contribution >= 4 is 11.8 Å². The highest BCUT2D eigenvalue weighted by Gasteiger charge is 2.28. The maximum Gasteiger partial charge on any atom is 0.246 e. The molecule has 0 aliphatic carbocycles. The van der Waals surface area contributed by atoms with Crippen molar-refractivity contribution < 1.29 is 24.3 Å². The molecule has 1 saturated heterocycles. The zero-order valence-electron chi connectivity index (χ0n) is 18.0. The second-order valence-electron chi connectivity index (χ2n) is 7.86. The summed E-state index contributed by atoms with van der Waals surface area (Å²) >= 11 is 0. The van der Waals surface area contributed by atoms with Gasteiger partial charge in [-0.25, -0.2) is 5.48 Å². The number of ether oxygens (including phenoxy) is 2. The van der Waals surface area contributed by atoms with Crippen LogP contribution >= 0.6 is 0 Å². The van der Waals surface area contributed by atoms with E-state index in [1.807, 2.05) is 37.3 Å². The normalized spacial score (nSPS) is 17.3. The van der Waals surface area contributed by atoms with E-state index >= 15 is 0 Å². The monoisotopic (exact) mass is 421 g/mol. The number of amides is 2. The molecule has 1 aliphatic rings. The van der Waals surface area contributed by atoms with Crippen LogP contribution in [-0.4, -0.2) is 68.1 Å². The molecule has 30 heavy (non-hydrogen) atoms. The summed E-state index contributed by atoms with van der Waals surface area (Å²) in [5.41, 5.74) is 2.75. The van der Waals surface area contributed by atoms with Crippen LogP contribution in [-0.2, 0) is 25.5 Å². The molecule has 8 nitrogen and oxygen atoms in total. The van der Waals surface area contributed by atoms with E-state index in [2.05, 4.69) is 17.3 Å². The number of benzene rings is 1. The molecule has 0 spiro atoms. The summed E-state index contributed by atoms with van der Waals surface area (Å²) in [6.45, 7) is 4.58. The van der Waals surface area contributed by atoms with Gasteiger partial charge in [-0.2, -0.15) is 0 Å². The van der Waals surface area contributed by atoms with E-state index in [1.54, 1.807) is 5.48 Å². The van der Waals surface area contributed by atoms with Crippen LogP contribution in [0.1, 0.15) is 31.7 Å². The summed E-state index contributed by atoms with van der Waals surface area (Å²) < 4.78 is 10.8. The van der Waals surface area contributed by atoms with Gasteiger partial charge in [0, 0.05) is 18.4 Å². The Balaban J connectivity index is 2.02. The minimum Gasteiger partial charge on any atom is -0.356 e. The number of carbonyl (C=O) groups excluding carboxylic acids is 2. The maximum atomic E-state index is 12.8. The topological polar surface area (TPSA) is 100 Å². The van der Waals surface area contributed by atoms with Crippen LogP contribution in [0.2, 0.25) is 0 Å². The summed E-state index contributed by atoms with van der Waals surface area (Å²) in [6.07, 6.45) is 2.45. The predicted octanol–water partition coefficient (Wildman–Crippen LogP) is 1.58. The van der Waals surface area contributed by atoms with Crippen molar-refractivity contribution in [2.45, 2.75) is 38.6 Å². The highest BCUT2D eigenvalue weighted by molar-refractivity contribution is 5.80. The second kappa shape index (κ2) is 13.3. The van der Waals surface area contributed by atoms with Crippen molar-refractivity contribution in [2.75, 3.05) is 40.1 Å². The molecule has 1 aromatic rings. The van der Waals surface area contributed by atoms with Crippen molar-refractivity contribution in [3.63, 3.8) is 0 Å². The first kappa shape index (κ1) is 24.3. The zero-order chi connectivity index (χ0) is 21.8. The fourth-order valence-electron chi connectivity index (χ4n) is 3.71. The zero-order valence-corrected chi connectivity index (χ0v) is 18.0. The van der Waals surface area contributed by atoms with Gasteiger partial charge >= 0.3 is 0 Å². The Hall–Kier alpha value is -2.00. The minimum atomic E-state index is -0.504. The number of hydrogen-bond donors (Lipinski definition) is 3. The van der Waals surface area contributed by atoms with E-state index in [9.17, 15) is 14.8 Å². The van der Waals surface area contributed by atoms with E-state index in [1.165, 1.54) is 0 Å². The molecule has 3 N–H and O–H groups in total. The molecular formula is C22H35N3O5. The summed E-state index contributed by atoms with van der Waals surface area (Å²) in [5, 5.41) is 12.3. The van der Waals surface area contributed by atoms with Crippen LogP contribution in [0.25, 0.3) is 0 Å². The molecule has 1 aliphatic heterocycles. The van der Waals surface area contributed by atoms with Crippen molar-refractivity contribution in [3.05, 3.63) is 35.9 Å². The smallest absolute Gasteiger partial charge is 0.246 e. The first-order valence-electron chi connectivity index (χ1n) is 10.7. The van der Waals surface area contributed by atoms with Crippen LogP contribution in [0.4, 0.5) is 0 Å². The Labute approximate surface area is 178 Å². The fraction of sp³-hybridized carbons (Fsp3) is 0.636. The van der Waals surface area contributed by atoms with Crippen LogP contribution < -0.4 is 10.8 Å². The molecule has 0 saturated carbocycles. The SMILES string of the molecule is CCOCOCC(CC(Cc1ccccc1)C(=O)NO)NC(=O)C1CCN(C)CC1. The maximum absolute atomic E-state index is 12.8. The van der Waals surface area contributed by atoms with Gasteiger partial charge in [0.05, 0.1) is 12.6 Å². The molecular weight excluding hydrogens is 386 g/mol. The number of rotatable bonds is 12. The van der Waals surface area contributed by atoms with E-state index in [4.69, 9.17) is 9.47 Å². The first-order chi connectivity index (χ1) is 14.5. The van der Waals surface area contributed by atoms with Gasteiger partial charge in [-0.05, 0) is 58.3 Å². The summed E-state index contributed by atoms with van der Waals surface area (Å²) in [4.78, 5) is 27.3. The van der Waals surface area contributed by atoms with E-state index in [0.717, 1.165) is 31.5 Å². The Kier molecular flexibility index (Phi) is 10.8. The number of carbonyl (C=O) groups is 2. The fourth-order valence-corrected chi connectivity index (χ4v) is 3.71. The molecule has 2 unspecified atom stereocenters. The molecule has 168 valence electrons. The predicted molar refractivity (Wildman–Crippen MR) is 113 cm³/mol. The third-order valence-electron chi connectivity index (χ3n) is 5.50. The molecule has 2 amide bonds. The van der Waals surface area contributed by atoms with Crippen LogP contribution in [0, 0.1) is 11.8 Å². The largest absolute Gasteiger partial charge is 0.356 e. The third-order valence-corrected chi connectivity index (χ3v) is 5.50. The molecule has 0 aromatic heterocycles. The lowest BCUT2D eigenvalue weighted by molar-refractivity contribution is -0.135. The second-order valence-corrected chi connectivity index (χ2v) is 7.86. The lowest BCUT2D eigenvalue weighted by Gasteiger charge is -2.30. The Morgan fingerprint density at radius 1 is 1.20 bits per heavy atom. The highest BCUT2D eigenvalue weighted by Crippen LogP contribution is 2.19. The van der Waals surface area contributed by atoms with Crippen molar-refractivity contribution in [3.8, 4) is 0 Å². The molecule has 1 fully saturated rings. The van der Waals surface area contributed by atoms with Crippen LogP contribution in [0.5, 0.6) is 0 Å². The Morgan fingerprint density at radius 2 is 1.90 bits per heavy atom. The number of nitrogens with zero attached hydrogens (tertiary/aromatic N) is 1. The van der Waals surface area contributed by atoms with Gasteiger partial charge in [0.1, 0.15) is 6.79 Å². The molecule has 1 heterocycles. The van der Waals surface area contributed by atoms with Gasteiger partial charge in [0.25, 0.3) is 0 Å². The summed E-state index contributed by atoms with van der Waals surface area (Å²) in [5.74, 6) is -1.01. The molecule has 8 heteroatoms. The van der Waals surface area contributed by atoms with Gasteiger partial charge in [-0.1, -0.05) is 30.3 Å². The third kappa shape index (κ3) is 8.39. The van der Waals surface area contributed by atoms with Crippen molar-refractivity contribution in [2.24, 2.45) is 11.8 Å². The van der Waals surface area contributed by atoms with Crippen LogP contribution in [0.15, 0.2) is 30.3 Å². The molecule has 0 bridgehead atoms. The molecule has 0 radical (unpaired) electrons. The molecule has 1 aromatic carbocycles. The average Bonchev–Trinajstić information content (AvgIpc) is 2.76. The number of hydrogen-bond acceptors (Lipinski definition) is 6. The molecule has 2 atom stereocenters. The number of piperidine rings is 1. The van der Waals surface area contributed by atoms with Gasteiger partial charge in [-0.3, -0.25) is 14.8 Å². The van der Waals surface area contributed by atoms with Gasteiger partial charge in [0.15, 0.2) is 0 Å². The van der Waals surface area contributed by atoms with E-state index < -0.39 is 11.8 Å². The Morgan fingerprint density at radius 3 is 2.53 bits per heavy atom. The lowest BCUT2D eigenvalue weighted by Crippen LogP contribution is -2.46. The quantitative estimate of drug-likeness (QED) is 0.205. The average molecular weight is 422 g/mol. The van der Waals surface area contributed by atoms with Gasteiger partial charge in [-0.15, -0.1) is 0 Å². The summed E-state index contributed by atoms with van der Waals surface area (Å²) in [7, 11) is 2.06. The van der Waals surface area contributed by atoms with Crippen molar-refractivity contribution in [1.29, 1.82) is 0 Å². The highest BCUT2D eigenvalue weighted by atomic mass is 16.7.